The Labute approximate surface area is 157 Å². The van der Waals surface area contributed by atoms with Crippen LogP contribution in [0.3, 0.4) is 0 Å². The lowest BCUT2D eigenvalue weighted by Crippen LogP contribution is -2.51. The third-order valence-corrected chi connectivity index (χ3v) is 5.63. The fraction of sp³-hybridized carbons (Fsp3) is 0.706. The molecule has 0 aromatic carbocycles. The highest BCUT2D eigenvalue weighted by atomic mass is 35.5. The predicted molar refractivity (Wildman–Crippen MR) is 96.2 cm³/mol. The number of carbonyl (C=O) groups excluding carboxylic acids is 1. The number of aromatic nitrogens is 2. The van der Waals surface area contributed by atoms with E-state index >= 15 is 0 Å². The SMILES string of the molecule is CCOC(=O)C1(CN(c2nc(Cl)ncc2[N+](=O)[O-])C2CCCC2)CCC1. The Bertz CT molecular complexity index is 689. The summed E-state index contributed by atoms with van der Waals surface area (Å²) >= 11 is 5.94. The van der Waals surface area contributed by atoms with E-state index in [9.17, 15) is 14.9 Å². The summed E-state index contributed by atoms with van der Waals surface area (Å²) in [7, 11) is 0. The van der Waals surface area contributed by atoms with Crippen molar-refractivity contribution < 1.29 is 14.5 Å². The number of ether oxygens (including phenoxy) is 1. The Morgan fingerprint density at radius 2 is 2.12 bits per heavy atom. The van der Waals surface area contributed by atoms with Gasteiger partial charge in [-0.05, 0) is 44.2 Å². The molecule has 3 rings (SSSR count). The molecule has 26 heavy (non-hydrogen) atoms. The van der Waals surface area contributed by atoms with Crippen molar-refractivity contribution in [3.05, 3.63) is 21.6 Å². The van der Waals surface area contributed by atoms with E-state index in [-0.39, 0.29) is 28.8 Å². The number of nitrogens with zero attached hydrogens (tertiary/aromatic N) is 4. The van der Waals surface area contributed by atoms with E-state index in [4.69, 9.17) is 16.3 Å². The van der Waals surface area contributed by atoms with Gasteiger partial charge in [-0.15, -0.1) is 0 Å². The van der Waals surface area contributed by atoms with Gasteiger partial charge in [0.15, 0.2) is 0 Å². The second kappa shape index (κ2) is 7.73. The van der Waals surface area contributed by atoms with Crippen molar-refractivity contribution >= 4 is 29.1 Å². The molecule has 0 saturated heterocycles. The Morgan fingerprint density at radius 3 is 2.65 bits per heavy atom. The Kier molecular flexibility index (Phi) is 5.60. The first-order chi connectivity index (χ1) is 12.5. The van der Waals surface area contributed by atoms with Gasteiger partial charge < -0.3 is 9.64 Å². The van der Waals surface area contributed by atoms with E-state index in [1.54, 1.807) is 6.92 Å². The van der Waals surface area contributed by atoms with Crippen molar-refractivity contribution in [2.45, 2.75) is 57.9 Å². The van der Waals surface area contributed by atoms with Gasteiger partial charge in [-0.1, -0.05) is 19.3 Å². The number of hydrogen-bond donors (Lipinski definition) is 0. The van der Waals surface area contributed by atoms with Crippen LogP contribution in [0.5, 0.6) is 0 Å². The molecule has 2 aliphatic carbocycles. The van der Waals surface area contributed by atoms with E-state index < -0.39 is 10.3 Å². The summed E-state index contributed by atoms with van der Waals surface area (Å²) in [6.45, 7) is 2.47. The van der Waals surface area contributed by atoms with Crippen LogP contribution in [0.2, 0.25) is 5.28 Å². The van der Waals surface area contributed by atoms with Crippen molar-refractivity contribution in [1.82, 2.24) is 9.97 Å². The molecule has 2 saturated carbocycles. The molecule has 8 nitrogen and oxygen atoms in total. The number of rotatable bonds is 7. The second-order valence-corrected chi connectivity index (χ2v) is 7.36. The second-order valence-electron chi connectivity index (χ2n) is 7.03. The van der Waals surface area contributed by atoms with Crippen molar-refractivity contribution in [3.8, 4) is 0 Å². The van der Waals surface area contributed by atoms with Crippen molar-refractivity contribution in [2.75, 3.05) is 18.1 Å². The maximum absolute atomic E-state index is 12.6. The molecule has 2 aliphatic rings. The van der Waals surface area contributed by atoms with Crippen molar-refractivity contribution in [3.63, 3.8) is 0 Å². The van der Waals surface area contributed by atoms with Crippen LogP contribution in [0.1, 0.15) is 51.9 Å². The van der Waals surface area contributed by atoms with Gasteiger partial charge in [0.1, 0.15) is 6.20 Å². The van der Waals surface area contributed by atoms with Crippen molar-refractivity contribution in [2.24, 2.45) is 5.41 Å². The Balaban J connectivity index is 1.98. The van der Waals surface area contributed by atoms with Gasteiger partial charge in [0.25, 0.3) is 0 Å². The average Bonchev–Trinajstić information content (AvgIpc) is 3.08. The first kappa shape index (κ1) is 18.8. The maximum atomic E-state index is 12.6. The summed E-state index contributed by atoms with van der Waals surface area (Å²) in [5.41, 5.74) is -0.802. The maximum Gasteiger partial charge on any atom is 0.329 e. The smallest absolute Gasteiger partial charge is 0.329 e. The number of hydrogen-bond acceptors (Lipinski definition) is 7. The third kappa shape index (κ3) is 3.60. The monoisotopic (exact) mass is 382 g/mol. The molecule has 0 atom stereocenters. The zero-order valence-corrected chi connectivity index (χ0v) is 15.6. The van der Waals surface area contributed by atoms with Crippen LogP contribution < -0.4 is 4.90 Å². The van der Waals surface area contributed by atoms with E-state index in [0.29, 0.717) is 13.2 Å². The van der Waals surface area contributed by atoms with Gasteiger partial charge in [0, 0.05) is 12.6 Å². The summed E-state index contributed by atoms with van der Waals surface area (Å²) in [6.07, 6.45) is 7.48. The molecular formula is C17H23ClN4O4. The lowest BCUT2D eigenvalue weighted by molar-refractivity contribution is -0.384. The standard InChI is InChI=1S/C17H23ClN4O4/c1-2-26-15(23)17(8-5-9-17)11-21(12-6-3-4-7-12)14-13(22(24)25)10-19-16(18)20-14/h10,12H,2-9,11H2,1H3. The zero-order chi connectivity index (χ0) is 18.7. The first-order valence-electron chi connectivity index (χ1n) is 9.07. The highest BCUT2D eigenvalue weighted by Crippen LogP contribution is 2.45. The molecule has 0 radical (unpaired) electrons. The topological polar surface area (TPSA) is 98.5 Å². The Morgan fingerprint density at radius 1 is 1.42 bits per heavy atom. The van der Waals surface area contributed by atoms with Gasteiger partial charge in [-0.3, -0.25) is 14.9 Å². The highest BCUT2D eigenvalue weighted by molar-refractivity contribution is 6.28. The summed E-state index contributed by atoms with van der Waals surface area (Å²) in [6, 6.07) is 0.103. The molecule has 142 valence electrons. The summed E-state index contributed by atoms with van der Waals surface area (Å²) < 4.78 is 5.29. The van der Waals surface area contributed by atoms with E-state index in [1.807, 2.05) is 4.90 Å². The van der Waals surface area contributed by atoms with Gasteiger partial charge in [0.2, 0.25) is 11.1 Å². The predicted octanol–water partition coefficient (Wildman–Crippen LogP) is 3.52. The van der Waals surface area contributed by atoms with E-state index in [2.05, 4.69) is 9.97 Å². The number of carbonyl (C=O) groups is 1. The van der Waals surface area contributed by atoms with E-state index in [1.165, 1.54) is 0 Å². The minimum absolute atomic E-state index is 0.0348. The van der Waals surface area contributed by atoms with Gasteiger partial charge in [-0.25, -0.2) is 4.98 Å². The summed E-state index contributed by atoms with van der Waals surface area (Å²) in [4.78, 5) is 33.4. The van der Waals surface area contributed by atoms with E-state index in [0.717, 1.165) is 51.1 Å². The van der Waals surface area contributed by atoms with Crippen LogP contribution >= 0.6 is 11.6 Å². The molecule has 0 spiro atoms. The lowest BCUT2D eigenvalue weighted by atomic mass is 9.68. The minimum Gasteiger partial charge on any atom is -0.466 e. The van der Waals surface area contributed by atoms with Crippen LogP contribution in [0.15, 0.2) is 6.20 Å². The fourth-order valence-corrected chi connectivity index (χ4v) is 4.05. The average molecular weight is 383 g/mol. The first-order valence-corrected chi connectivity index (χ1v) is 9.45. The quantitative estimate of drug-likeness (QED) is 0.308. The molecule has 1 aromatic heterocycles. The molecule has 2 fully saturated rings. The summed E-state index contributed by atoms with van der Waals surface area (Å²) in [5, 5.41) is 11.5. The minimum atomic E-state index is -0.621. The number of nitro groups is 1. The number of esters is 1. The van der Waals surface area contributed by atoms with Gasteiger partial charge in [-0.2, -0.15) is 4.98 Å². The summed E-state index contributed by atoms with van der Waals surface area (Å²) in [5.74, 6) is -0.0190. The molecule has 1 aromatic rings. The Hall–Kier alpha value is -1.96. The largest absolute Gasteiger partial charge is 0.466 e. The normalized spacial score (nSPS) is 19.0. The molecular weight excluding hydrogens is 360 g/mol. The molecule has 1 heterocycles. The van der Waals surface area contributed by atoms with Crippen LogP contribution in [0, 0.1) is 15.5 Å². The van der Waals surface area contributed by atoms with Crippen LogP contribution in [-0.2, 0) is 9.53 Å². The van der Waals surface area contributed by atoms with Crippen LogP contribution in [0.25, 0.3) is 0 Å². The third-order valence-electron chi connectivity index (χ3n) is 5.45. The molecule has 9 heteroatoms. The zero-order valence-electron chi connectivity index (χ0n) is 14.8. The van der Waals surface area contributed by atoms with Gasteiger partial charge >= 0.3 is 11.7 Å². The molecule has 0 unspecified atom stereocenters. The molecule has 0 N–H and O–H groups in total. The number of anilines is 1. The molecule has 0 aliphatic heterocycles. The van der Waals surface area contributed by atoms with Crippen LogP contribution in [-0.4, -0.2) is 40.1 Å². The van der Waals surface area contributed by atoms with Gasteiger partial charge in [0.05, 0.1) is 16.9 Å². The van der Waals surface area contributed by atoms with Crippen LogP contribution in [0.4, 0.5) is 11.5 Å². The highest BCUT2D eigenvalue weighted by Gasteiger charge is 2.48. The molecule has 0 amide bonds. The fourth-order valence-electron chi connectivity index (χ4n) is 3.92. The van der Waals surface area contributed by atoms with Crippen molar-refractivity contribution in [1.29, 1.82) is 0 Å². The number of halogens is 1. The molecule has 0 bridgehead atoms. The lowest BCUT2D eigenvalue weighted by Gasteiger charge is -2.44.